The second-order valence-corrected chi connectivity index (χ2v) is 6.46. The van der Waals surface area contributed by atoms with Crippen LogP contribution in [-0.2, 0) is 32.0 Å². The third-order valence-electron chi connectivity index (χ3n) is 4.23. The Balaban J connectivity index is 2.17. The molecule has 0 radical (unpaired) electrons. The minimum Gasteiger partial charge on any atom is -0.467 e. The maximum absolute atomic E-state index is 14.0. The van der Waals surface area contributed by atoms with Crippen LogP contribution in [0.1, 0.15) is 18.1 Å². The van der Waals surface area contributed by atoms with Gasteiger partial charge in [-0.25, -0.2) is 13.6 Å². The quantitative estimate of drug-likeness (QED) is 0.659. The first-order chi connectivity index (χ1) is 13.8. The number of methoxy groups -OCH3 is 1. The van der Waals surface area contributed by atoms with Crippen molar-refractivity contribution in [2.24, 2.45) is 0 Å². The molecule has 2 rings (SSSR count). The second kappa shape index (κ2) is 10.3. The summed E-state index contributed by atoms with van der Waals surface area (Å²) in [5.41, 5.74) is 0.849. The van der Waals surface area contributed by atoms with Crippen LogP contribution >= 0.6 is 0 Å². The Labute approximate surface area is 167 Å². The number of carbonyl (C=O) groups is 3. The number of amides is 2. The van der Waals surface area contributed by atoms with Crippen molar-refractivity contribution in [2.75, 3.05) is 7.11 Å². The van der Waals surface area contributed by atoms with Gasteiger partial charge in [-0.15, -0.1) is 0 Å². The summed E-state index contributed by atoms with van der Waals surface area (Å²) in [6.45, 7) is 1.23. The van der Waals surface area contributed by atoms with E-state index in [2.05, 4.69) is 10.6 Å². The average molecular weight is 404 g/mol. The van der Waals surface area contributed by atoms with Crippen LogP contribution in [0.3, 0.4) is 0 Å². The fraction of sp³-hybridized carbons (Fsp3) is 0.286. The van der Waals surface area contributed by atoms with Crippen molar-refractivity contribution in [1.82, 2.24) is 10.6 Å². The smallest absolute Gasteiger partial charge is 0.328 e. The van der Waals surface area contributed by atoms with E-state index in [1.807, 2.05) is 0 Å². The van der Waals surface area contributed by atoms with Gasteiger partial charge in [0.15, 0.2) is 0 Å². The molecule has 0 fully saturated rings. The predicted molar refractivity (Wildman–Crippen MR) is 102 cm³/mol. The van der Waals surface area contributed by atoms with Crippen molar-refractivity contribution >= 4 is 17.8 Å². The molecule has 2 amide bonds. The van der Waals surface area contributed by atoms with E-state index in [4.69, 9.17) is 4.74 Å². The lowest BCUT2D eigenvalue weighted by Gasteiger charge is -2.22. The van der Waals surface area contributed by atoms with Gasteiger partial charge in [0, 0.05) is 19.8 Å². The monoisotopic (exact) mass is 404 g/mol. The van der Waals surface area contributed by atoms with Gasteiger partial charge in [-0.3, -0.25) is 9.59 Å². The maximum Gasteiger partial charge on any atom is 0.328 e. The SMILES string of the molecule is COC(=O)[C@H](Cc1ccc(F)cc1)NC(=O)[C@H](Cc1ccccc1F)NC(C)=O. The molecule has 0 saturated heterocycles. The summed E-state index contributed by atoms with van der Waals surface area (Å²) in [4.78, 5) is 36.4. The molecule has 0 aromatic heterocycles. The zero-order valence-corrected chi connectivity index (χ0v) is 16.1. The molecular weight excluding hydrogens is 382 g/mol. The molecule has 2 aromatic rings. The zero-order valence-electron chi connectivity index (χ0n) is 16.1. The van der Waals surface area contributed by atoms with Crippen molar-refractivity contribution in [2.45, 2.75) is 31.8 Å². The van der Waals surface area contributed by atoms with Crippen molar-refractivity contribution in [3.8, 4) is 0 Å². The molecule has 0 unspecified atom stereocenters. The van der Waals surface area contributed by atoms with E-state index in [1.54, 1.807) is 6.07 Å². The largest absolute Gasteiger partial charge is 0.467 e. The molecule has 2 atom stereocenters. The zero-order chi connectivity index (χ0) is 21.4. The Kier molecular flexibility index (Phi) is 7.82. The lowest BCUT2D eigenvalue weighted by molar-refractivity contribution is -0.145. The fourth-order valence-electron chi connectivity index (χ4n) is 2.80. The van der Waals surface area contributed by atoms with Crippen LogP contribution in [0.25, 0.3) is 0 Å². The first-order valence-corrected chi connectivity index (χ1v) is 8.93. The Hall–Kier alpha value is -3.29. The molecule has 6 nitrogen and oxygen atoms in total. The third-order valence-corrected chi connectivity index (χ3v) is 4.23. The van der Waals surface area contributed by atoms with Gasteiger partial charge in [-0.05, 0) is 29.3 Å². The summed E-state index contributed by atoms with van der Waals surface area (Å²) < 4.78 is 31.8. The number of nitrogens with one attached hydrogen (secondary N) is 2. The highest BCUT2D eigenvalue weighted by molar-refractivity contribution is 5.90. The number of halogens is 2. The van der Waals surface area contributed by atoms with E-state index in [0.29, 0.717) is 5.56 Å². The van der Waals surface area contributed by atoms with Crippen molar-refractivity contribution in [3.05, 3.63) is 71.3 Å². The number of benzene rings is 2. The molecule has 0 aliphatic carbocycles. The van der Waals surface area contributed by atoms with Crippen molar-refractivity contribution in [3.63, 3.8) is 0 Å². The highest BCUT2D eigenvalue weighted by Crippen LogP contribution is 2.11. The Morgan fingerprint density at radius 2 is 1.59 bits per heavy atom. The van der Waals surface area contributed by atoms with Gasteiger partial charge in [0.2, 0.25) is 11.8 Å². The number of hydrogen-bond donors (Lipinski definition) is 2. The summed E-state index contributed by atoms with van der Waals surface area (Å²) >= 11 is 0. The van der Waals surface area contributed by atoms with Crippen molar-refractivity contribution < 1.29 is 27.9 Å². The second-order valence-electron chi connectivity index (χ2n) is 6.46. The first-order valence-electron chi connectivity index (χ1n) is 8.93. The normalized spacial score (nSPS) is 12.6. The number of rotatable bonds is 8. The summed E-state index contributed by atoms with van der Waals surface area (Å²) in [6.07, 6.45) is -0.0340. The topological polar surface area (TPSA) is 84.5 Å². The van der Waals surface area contributed by atoms with Crippen LogP contribution in [0.5, 0.6) is 0 Å². The summed E-state index contributed by atoms with van der Waals surface area (Å²) in [7, 11) is 1.18. The summed E-state index contributed by atoms with van der Waals surface area (Å²) in [6, 6.07) is 9.20. The fourth-order valence-corrected chi connectivity index (χ4v) is 2.80. The molecule has 0 heterocycles. The maximum atomic E-state index is 14.0. The summed E-state index contributed by atoms with van der Waals surface area (Å²) in [5.74, 6) is -2.78. The number of carbonyl (C=O) groups excluding carboxylic acids is 3. The number of ether oxygens (including phenoxy) is 1. The van der Waals surface area contributed by atoms with Gasteiger partial charge in [0.1, 0.15) is 23.7 Å². The van der Waals surface area contributed by atoms with E-state index < -0.39 is 41.5 Å². The van der Waals surface area contributed by atoms with Gasteiger partial charge in [-0.2, -0.15) is 0 Å². The van der Waals surface area contributed by atoms with Crippen LogP contribution in [0.2, 0.25) is 0 Å². The average Bonchev–Trinajstić information content (AvgIpc) is 2.69. The Morgan fingerprint density at radius 1 is 0.931 bits per heavy atom. The molecule has 154 valence electrons. The minimum atomic E-state index is -1.09. The van der Waals surface area contributed by atoms with Crippen LogP contribution in [0.4, 0.5) is 8.78 Å². The van der Waals surface area contributed by atoms with Gasteiger partial charge >= 0.3 is 5.97 Å². The van der Waals surface area contributed by atoms with E-state index >= 15 is 0 Å². The third kappa shape index (κ3) is 6.67. The standard InChI is InChI=1S/C21H22F2N2O4/c1-13(26)24-18(12-15-5-3-4-6-17(15)23)20(27)25-19(21(28)29-2)11-14-7-9-16(22)10-8-14/h3-10,18-19H,11-12H2,1-2H3,(H,24,26)(H,25,27)/t18-,19-/m0/s1. The van der Waals surface area contributed by atoms with Crippen LogP contribution in [0.15, 0.2) is 48.5 Å². The molecule has 0 aliphatic rings. The van der Waals surface area contributed by atoms with E-state index in [1.165, 1.54) is 56.5 Å². The predicted octanol–water partition coefficient (Wildman–Crippen LogP) is 1.91. The van der Waals surface area contributed by atoms with E-state index in [0.717, 1.165) is 0 Å². The Morgan fingerprint density at radius 3 is 2.17 bits per heavy atom. The molecule has 0 aliphatic heterocycles. The number of esters is 1. The number of hydrogen-bond acceptors (Lipinski definition) is 4. The van der Waals surface area contributed by atoms with E-state index in [9.17, 15) is 23.2 Å². The molecule has 8 heteroatoms. The van der Waals surface area contributed by atoms with Gasteiger partial charge in [0.25, 0.3) is 0 Å². The lowest BCUT2D eigenvalue weighted by Crippen LogP contribution is -2.53. The van der Waals surface area contributed by atoms with Crippen molar-refractivity contribution in [1.29, 1.82) is 0 Å². The van der Waals surface area contributed by atoms with E-state index in [-0.39, 0.29) is 18.4 Å². The lowest BCUT2D eigenvalue weighted by atomic mass is 10.0. The van der Waals surface area contributed by atoms with Crippen LogP contribution < -0.4 is 10.6 Å². The van der Waals surface area contributed by atoms with Gasteiger partial charge < -0.3 is 15.4 Å². The van der Waals surface area contributed by atoms with Crippen LogP contribution in [0, 0.1) is 11.6 Å². The highest BCUT2D eigenvalue weighted by atomic mass is 19.1. The molecule has 29 heavy (non-hydrogen) atoms. The summed E-state index contributed by atoms with van der Waals surface area (Å²) in [5, 5.41) is 5.00. The molecule has 0 saturated carbocycles. The van der Waals surface area contributed by atoms with Gasteiger partial charge in [0.05, 0.1) is 7.11 Å². The molecular formula is C21H22F2N2O4. The molecule has 0 bridgehead atoms. The molecule has 0 spiro atoms. The van der Waals surface area contributed by atoms with Gasteiger partial charge in [-0.1, -0.05) is 30.3 Å². The Bertz CT molecular complexity index is 871. The minimum absolute atomic E-state index is 0.0607. The first kappa shape index (κ1) is 22.0. The molecule has 2 N–H and O–H groups in total. The molecule has 2 aromatic carbocycles. The highest BCUT2D eigenvalue weighted by Gasteiger charge is 2.27. The van der Waals surface area contributed by atoms with Crippen LogP contribution in [-0.4, -0.2) is 37.0 Å².